The number of carbonyl (C=O) groups is 1. The van der Waals surface area contributed by atoms with Crippen LogP contribution in [0, 0.1) is 5.92 Å². The maximum Gasteiger partial charge on any atom is 0.290 e. The highest BCUT2D eigenvalue weighted by molar-refractivity contribution is 5.90. The molecule has 4 rings (SSSR count). The van der Waals surface area contributed by atoms with E-state index in [1.165, 1.54) is 12.8 Å². The fourth-order valence-electron chi connectivity index (χ4n) is 3.24. The highest BCUT2D eigenvalue weighted by Gasteiger charge is 2.37. The molecule has 122 valence electrons. The predicted molar refractivity (Wildman–Crippen MR) is 83.8 cm³/mol. The number of aromatic nitrogens is 5. The Labute approximate surface area is 135 Å². The van der Waals surface area contributed by atoms with Gasteiger partial charge in [0.25, 0.3) is 5.91 Å². The lowest BCUT2D eigenvalue weighted by Crippen LogP contribution is -2.43. The van der Waals surface area contributed by atoms with E-state index in [9.17, 15) is 4.79 Å². The molecule has 0 spiro atoms. The summed E-state index contributed by atoms with van der Waals surface area (Å²) in [6, 6.07) is -0.0265. The fourth-order valence-corrected chi connectivity index (χ4v) is 3.24. The highest BCUT2D eigenvalue weighted by Crippen LogP contribution is 2.40. The van der Waals surface area contributed by atoms with Gasteiger partial charge in [-0.25, -0.2) is 14.6 Å². The molecular formula is C16H22N6O. The molecule has 0 unspecified atom stereocenters. The van der Waals surface area contributed by atoms with Crippen molar-refractivity contribution in [2.45, 2.75) is 51.6 Å². The van der Waals surface area contributed by atoms with Crippen molar-refractivity contribution >= 4 is 5.91 Å². The van der Waals surface area contributed by atoms with Gasteiger partial charge < -0.3 is 9.88 Å². The van der Waals surface area contributed by atoms with E-state index in [0.717, 1.165) is 18.1 Å². The van der Waals surface area contributed by atoms with Crippen LogP contribution in [0.3, 0.4) is 0 Å². The third-order valence-corrected chi connectivity index (χ3v) is 4.54. The number of rotatable bonds is 4. The molecule has 1 aliphatic heterocycles. The van der Waals surface area contributed by atoms with Crippen molar-refractivity contribution in [3.63, 3.8) is 0 Å². The minimum absolute atomic E-state index is 0.0265. The number of carbonyl (C=O) groups excluding carboxylic acids is 1. The van der Waals surface area contributed by atoms with Crippen molar-refractivity contribution in [3.8, 4) is 0 Å². The Kier molecular flexibility index (Phi) is 3.43. The van der Waals surface area contributed by atoms with Gasteiger partial charge in [0, 0.05) is 24.9 Å². The van der Waals surface area contributed by atoms with E-state index in [0.29, 0.717) is 30.7 Å². The molecule has 1 aliphatic carbocycles. The van der Waals surface area contributed by atoms with E-state index in [4.69, 9.17) is 4.98 Å². The number of amides is 1. The van der Waals surface area contributed by atoms with Crippen LogP contribution < -0.4 is 0 Å². The first-order chi connectivity index (χ1) is 11.1. The summed E-state index contributed by atoms with van der Waals surface area (Å²) in [5.74, 6) is 3.24. The first kappa shape index (κ1) is 14.4. The Hall–Kier alpha value is -2.18. The molecule has 7 nitrogen and oxygen atoms in total. The smallest absolute Gasteiger partial charge is 0.290 e. The third kappa shape index (κ3) is 2.64. The molecule has 3 heterocycles. The van der Waals surface area contributed by atoms with Crippen molar-refractivity contribution in [1.82, 2.24) is 29.6 Å². The second-order valence-electron chi connectivity index (χ2n) is 6.91. The van der Waals surface area contributed by atoms with Crippen molar-refractivity contribution in [2.75, 3.05) is 6.54 Å². The third-order valence-electron chi connectivity index (χ3n) is 4.54. The van der Waals surface area contributed by atoms with Crippen LogP contribution in [-0.2, 0) is 6.54 Å². The van der Waals surface area contributed by atoms with E-state index in [1.54, 1.807) is 12.4 Å². The minimum atomic E-state index is -0.0529. The molecule has 0 bridgehead atoms. The van der Waals surface area contributed by atoms with Gasteiger partial charge in [0.2, 0.25) is 0 Å². The van der Waals surface area contributed by atoms with Gasteiger partial charge in [-0.1, -0.05) is 13.8 Å². The van der Waals surface area contributed by atoms with Gasteiger partial charge in [-0.05, 0) is 25.2 Å². The van der Waals surface area contributed by atoms with Crippen LogP contribution in [0.2, 0.25) is 0 Å². The zero-order valence-electron chi connectivity index (χ0n) is 13.6. The second kappa shape index (κ2) is 5.47. The molecular weight excluding hydrogens is 292 g/mol. The summed E-state index contributed by atoms with van der Waals surface area (Å²) in [5, 5.41) is 4.67. The summed E-state index contributed by atoms with van der Waals surface area (Å²) in [4.78, 5) is 26.5. The Morgan fingerprint density at radius 3 is 2.87 bits per heavy atom. The molecule has 0 radical (unpaired) electrons. The maximum absolute atomic E-state index is 12.8. The Balaban J connectivity index is 1.67. The van der Waals surface area contributed by atoms with Gasteiger partial charge in [0.05, 0.1) is 12.6 Å². The molecule has 23 heavy (non-hydrogen) atoms. The van der Waals surface area contributed by atoms with E-state index in [2.05, 4.69) is 28.9 Å². The largest absolute Gasteiger partial charge is 0.341 e. The molecule has 1 amide bonds. The highest BCUT2D eigenvalue weighted by atomic mass is 16.2. The number of hydrogen-bond donors (Lipinski definition) is 1. The number of imidazole rings is 1. The second-order valence-corrected chi connectivity index (χ2v) is 6.91. The molecule has 0 aromatic carbocycles. The number of hydrogen-bond acceptors (Lipinski definition) is 4. The Morgan fingerprint density at radius 1 is 1.39 bits per heavy atom. The van der Waals surface area contributed by atoms with Crippen molar-refractivity contribution in [2.24, 2.45) is 5.92 Å². The summed E-state index contributed by atoms with van der Waals surface area (Å²) in [7, 11) is 0. The van der Waals surface area contributed by atoms with Crippen LogP contribution in [0.5, 0.6) is 0 Å². The maximum atomic E-state index is 12.8. The van der Waals surface area contributed by atoms with E-state index in [1.807, 2.05) is 9.58 Å². The molecule has 1 N–H and O–H groups in total. The number of aromatic amines is 1. The van der Waals surface area contributed by atoms with Crippen molar-refractivity contribution in [1.29, 1.82) is 0 Å². The summed E-state index contributed by atoms with van der Waals surface area (Å²) in [6.07, 6.45) is 6.56. The molecule has 1 atom stereocenters. The Morgan fingerprint density at radius 2 is 2.22 bits per heavy atom. The van der Waals surface area contributed by atoms with Gasteiger partial charge >= 0.3 is 0 Å². The Bertz CT molecular complexity index is 700. The summed E-state index contributed by atoms with van der Waals surface area (Å²) < 4.78 is 2.01. The molecule has 7 heteroatoms. The summed E-state index contributed by atoms with van der Waals surface area (Å²) >= 11 is 0. The first-order valence-electron chi connectivity index (χ1n) is 8.38. The molecule has 2 aromatic rings. The lowest BCUT2D eigenvalue weighted by Gasteiger charge is -2.35. The van der Waals surface area contributed by atoms with Crippen molar-refractivity contribution < 1.29 is 4.79 Å². The molecule has 2 aromatic heterocycles. The fraction of sp³-hybridized carbons (Fsp3) is 0.625. The van der Waals surface area contributed by atoms with E-state index >= 15 is 0 Å². The minimum Gasteiger partial charge on any atom is -0.341 e. The standard InChI is InChI=1S/C16H22N6O/c1-10(2)9-12-15-19-13(11-3-4-11)20-22(15)8-7-21(12)16(23)14-17-5-6-18-14/h5-6,10-12H,3-4,7-9H2,1-2H3,(H,17,18)/t12-/m0/s1. The number of H-pyrrole nitrogens is 1. The normalized spacial score (nSPS) is 20.8. The van der Waals surface area contributed by atoms with Crippen LogP contribution in [0.1, 0.15) is 67.3 Å². The predicted octanol–water partition coefficient (Wildman–Crippen LogP) is 2.12. The SMILES string of the molecule is CC(C)C[C@H]1c2nc(C3CC3)nn2CCN1C(=O)c1ncc[nH]1. The van der Waals surface area contributed by atoms with Crippen molar-refractivity contribution in [3.05, 3.63) is 29.9 Å². The number of fused-ring (bicyclic) bond motifs is 1. The molecule has 1 saturated carbocycles. The number of nitrogens with one attached hydrogen (secondary N) is 1. The first-order valence-corrected chi connectivity index (χ1v) is 8.38. The van der Waals surface area contributed by atoms with Gasteiger partial charge in [0.15, 0.2) is 11.6 Å². The monoisotopic (exact) mass is 314 g/mol. The van der Waals surface area contributed by atoms with E-state index < -0.39 is 0 Å². The summed E-state index contributed by atoms with van der Waals surface area (Å²) in [5.41, 5.74) is 0. The molecule has 0 saturated heterocycles. The van der Waals surface area contributed by atoms with Gasteiger partial charge in [0.1, 0.15) is 5.82 Å². The molecule has 1 fully saturated rings. The topological polar surface area (TPSA) is 79.7 Å². The van der Waals surface area contributed by atoms with Crippen LogP contribution in [-0.4, -0.2) is 42.1 Å². The zero-order valence-corrected chi connectivity index (χ0v) is 13.6. The zero-order chi connectivity index (χ0) is 16.0. The van der Waals surface area contributed by atoms with Crippen LogP contribution in [0.15, 0.2) is 12.4 Å². The van der Waals surface area contributed by atoms with Crippen LogP contribution >= 0.6 is 0 Å². The lowest BCUT2D eigenvalue weighted by atomic mass is 10.00. The van der Waals surface area contributed by atoms with Gasteiger partial charge in [-0.15, -0.1) is 0 Å². The lowest BCUT2D eigenvalue weighted by molar-refractivity contribution is 0.0567. The van der Waals surface area contributed by atoms with Gasteiger partial charge in [-0.3, -0.25) is 4.79 Å². The number of nitrogens with zero attached hydrogens (tertiary/aromatic N) is 5. The average Bonchev–Trinajstić information content (AvgIpc) is 3.06. The van der Waals surface area contributed by atoms with Crippen LogP contribution in [0.25, 0.3) is 0 Å². The molecule has 2 aliphatic rings. The average molecular weight is 314 g/mol. The van der Waals surface area contributed by atoms with E-state index in [-0.39, 0.29) is 11.9 Å². The quantitative estimate of drug-likeness (QED) is 0.937. The van der Waals surface area contributed by atoms with Crippen LogP contribution in [0.4, 0.5) is 0 Å². The van der Waals surface area contributed by atoms with Gasteiger partial charge in [-0.2, -0.15) is 5.10 Å². The summed E-state index contributed by atoms with van der Waals surface area (Å²) in [6.45, 7) is 5.70.